The van der Waals surface area contributed by atoms with Crippen LogP contribution in [0.3, 0.4) is 0 Å². The topological polar surface area (TPSA) is 89.7 Å². The molecular formula is C10H20N2O4S2. The molecule has 0 aliphatic carbocycles. The van der Waals surface area contributed by atoms with Crippen LogP contribution in [0.1, 0.15) is 20.3 Å². The van der Waals surface area contributed by atoms with Crippen LogP contribution in [0.2, 0.25) is 0 Å². The molecule has 8 heteroatoms. The zero-order valence-corrected chi connectivity index (χ0v) is 12.7. The summed E-state index contributed by atoms with van der Waals surface area (Å²) in [4.78, 5) is 11.2. The third-order valence-electron chi connectivity index (χ3n) is 2.62. The van der Waals surface area contributed by atoms with Crippen LogP contribution in [0, 0.1) is 5.92 Å². The molecule has 0 spiro atoms. The van der Waals surface area contributed by atoms with Gasteiger partial charge in [-0.2, -0.15) is 0 Å². The SMILES string of the molecule is CCC(C(N)=S)S(=O)(=O)N(C)CC(C)C(=O)OC. The zero-order valence-electron chi connectivity index (χ0n) is 11.0. The summed E-state index contributed by atoms with van der Waals surface area (Å²) in [5.74, 6) is -1.00. The molecule has 0 aromatic carbocycles. The fourth-order valence-corrected chi connectivity index (χ4v) is 3.65. The standard InChI is InChI=1S/C10H20N2O4S2/c1-5-8(9(11)17)18(14,15)12(3)6-7(2)10(13)16-4/h7-8H,5-6H2,1-4H3,(H2,11,17). The van der Waals surface area contributed by atoms with Crippen LogP contribution in [0.25, 0.3) is 0 Å². The Kier molecular flexibility index (Phi) is 6.72. The second-order valence-corrected chi connectivity index (χ2v) is 6.74. The van der Waals surface area contributed by atoms with Crippen LogP contribution < -0.4 is 5.73 Å². The fraction of sp³-hybridized carbons (Fsp3) is 0.800. The van der Waals surface area contributed by atoms with Gasteiger partial charge in [0.05, 0.1) is 18.0 Å². The molecule has 0 aliphatic rings. The lowest BCUT2D eigenvalue weighted by Gasteiger charge is -2.24. The van der Waals surface area contributed by atoms with Gasteiger partial charge in [-0.1, -0.05) is 26.1 Å². The lowest BCUT2D eigenvalue weighted by Crippen LogP contribution is -2.44. The van der Waals surface area contributed by atoms with E-state index in [-0.39, 0.29) is 11.5 Å². The second-order valence-electron chi connectivity index (χ2n) is 4.05. The summed E-state index contributed by atoms with van der Waals surface area (Å²) in [7, 11) is -0.968. The Balaban J connectivity index is 4.92. The van der Waals surface area contributed by atoms with Gasteiger partial charge in [0.2, 0.25) is 10.0 Å². The number of sulfonamides is 1. The average molecular weight is 296 g/mol. The van der Waals surface area contributed by atoms with Crippen molar-refractivity contribution >= 4 is 33.2 Å². The van der Waals surface area contributed by atoms with E-state index in [4.69, 9.17) is 18.0 Å². The predicted molar refractivity (Wildman–Crippen MR) is 73.6 cm³/mol. The summed E-state index contributed by atoms with van der Waals surface area (Å²) >= 11 is 4.75. The highest BCUT2D eigenvalue weighted by Gasteiger charge is 2.32. The quantitative estimate of drug-likeness (QED) is 0.530. The highest BCUT2D eigenvalue weighted by atomic mass is 32.2. The maximum absolute atomic E-state index is 12.2. The number of nitrogens with two attached hydrogens (primary N) is 1. The summed E-state index contributed by atoms with van der Waals surface area (Å²) in [5, 5.41) is -0.901. The Morgan fingerprint density at radius 1 is 1.50 bits per heavy atom. The monoisotopic (exact) mass is 296 g/mol. The number of carbonyl (C=O) groups excluding carboxylic acids is 1. The van der Waals surface area contributed by atoms with Gasteiger partial charge in [0.25, 0.3) is 0 Å². The van der Waals surface area contributed by atoms with Crippen LogP contribution in [0.5, 0.6) is 0 Å². The van der Waals surface area contributed by atoms with Crippen molar-refractivity contribution in [1.82, 2.24) is 4.31 Å². The smallest absolute Gasteiger partial charge is 0.309 e. The zero-order chi connectivity index (χ0) is 14.5. The highest BCUT2D eigenvalue weighted by Crippen LogP contribution is 2.13. The van der Waals surface area contributed by atoms with Gasteiger partial charge in [0.15, 0.2) is 0 Å². The molecule has 0 bridgehead atoms. The number of carbonyl (C=O) groups is 1. The molecule has 0 amide bonds. The average Bonchev–Trinajstić information content (AvgIpc) is 2.27. The Morgan fingerprint density at radius 3 is 2.33 bits per heavy atom. The molecule has 106 valence electrons. The summed E-state index contributed by atoms with van der Waals surface area (Å²) in [6.45, 7) is 3.33. The van der Waals surface area contributed by atoms with Gasteiger partial charge < -0.3 is 10.5 Å². The van der Waals surface area contributed by atoms with Gasteiger partial charge in [-0.15, -0.1) is 0 Å². The molecule has 2 N–H and O–H groups in total. The third-order valence-corrected chi connectivity index (χ3v) is 5.37. The van der Waals surface area contributed by atoms with Gasteiger partial charge in [-0.05, 0) is 6.42 Å². The van der Waals surface area contributed by atoms with E-state index in [0.717, 1.165) is 4.31 Å². The first-order chi connectivity index (χ1) is 8.18. The second kappa shape index (κ2) is 7.01. The van der Waals surface area contributed by atoms with Crippen molar-refractivity contribution in [2.75, 3.05) is 20.7 Å². The highest BCUT2D eigenvalue weighted by molar-refractivity contribution is 7.92. The van der Waals surface area contributed by atoms with Crippen LogP contribution in [0.4, 0.5) is 0 Å². The molecular weight excluding hydrogens is 276 g/mol. The van der Waals surface area contributed by atoms with Gasteiger partial charge in [0.1, 0.15) is 5.25 Å². The minimum atomic E-state index is -3.63. The van der Waals surface area contributed by atoms with E-state index in [1.165, 1.54) is 14.2 Å². The molecule has 2 atom stereocenters. The summed E-state index contributed by atoms with van der Waals surface area (Å²) in [6, 6.07) is 0. The first-order valence-corrected chi connectivity index (χ1v) is 7.41. The Hall–Kier alpha value is -0.730. The van der Waals surface area contributed by atoms with Crippen LogP contribution in [0.15, 0.2) is 0 Å². The van der Waals surface area contributed by atoms with Gasteiger partial charge in [-0.3, -0.25) is 4.79 Å². The maximum atomic E-state index is 12.2. The first-order valence-electron chi connectivity index (χ1n) is 5.50. The number of methoxy groups -OCH3 is 1. The number of ether oxygens (including phenoxy) is 1. The van der Waals surface area contributed by atoms with Crippen LogP contribution in [-0.2, 0) is 19.6 Å². The van der Waals surface area contributed by atoms with Crippen molar-refractivity contribution in [2.45, 2.75) is 25.5 Å². The normalized spacial score (nSPS) is 15.2. The Labute approximate surface area is 114 Å². The molecule has 0 aromatic rings. The maximum Gasteiger partial charge on any atom is 0.309 e. The molecule has 0 aromatic heterocycles. The van der Waals surface area contributed by atoms with E-state index in [0.29, 0.717) is 6.42 Å². The van der Waals surface area contributed by atoms with Crippen molar-refractivity contribution in [3.8, 4) is 0 Å². The molecule has 0 heterocycles. The van der Waals surface area contributed by atoms with Crippen LogP contribution in [-0.4, -0.2) is 49.6 Å². The summed E-state index contributed by atoms with van der Waals surface area (Å²) in [6.07, 6.45) is 0.300. The number of thiocarbonyl (C=S) groups is 1. The van der Waals surface area contributed by atoms with Gasteiger partial charge in [-0.25, -0.2) is 12.7 Å². The van der Waals surface area contributed by atoms with Gasteiger partial charge >= 0.3 is 5.97 Å². The molecule has 0 radical (unpaired) electrons. The Bertz CT molecular complexity index is 408. The van der Waals surface area contributed by atoms with Crippen molar-refractivity contribution < 1.29 is 17.9 Å². The van der Waals surface area contributed by atoms with E-state index in [1.807, 2.05) is 0 Å². The number of nitrogens with zero attached hydrogens (tertiary/aromatic N) is 1. The molecule has 0 fully saturated rings. The van der Waals surface area contributed by atoms with Crippen molar-refractivity contribution in [1.29, 1.82) is 0 Å². The number of rotatable bonds is 7. The minimum Gasteiger partial charge on any atom is -0.469 e. The summed E-state index contributed by atoms with van der Waals surface area (Å²) < 4.78 is 30.0. The van der Waals surface area contributed by atoms with E-state index in [9.17, 15) is 13.2 Å². The van der Waals surface area contributed by atoms with E-state index < -0.39 is 27.2 Å². The Morgan fingerprint density at radius 2 is 2.00 bits per heavy atom. The lowest BCUT2D eigenvalue weighted by atomic mass is 10.2. The largest absolute Gasteiger partial charge is 0.469 e. The van der Waals surface area contributed by atoms with Crippen molar-refractivity contribution in [2.24, 2.45) is 11.7 Å². The van der Waals surface area contributed by atoms with E-state index in [2.05, 4.69) is 4.74 Å². The summed E-state index contributed by atoms with van der Waals surface area (Å²) in [5.41, 5.74) is 5.42. The molecule has 0 aliphatic heterocycles. The number of hydrogen-bond donors (Lipinski definition) is 1. The fourth-order valence-electron chi connectivity index (χ4n) is 1.54. The molecule has 0 saturated heterocycles. The van der Waals surface area contributed by atoms with E-state index >= 15 is 0 Å². The predicted octanol–water partition coefficient (Wildman–Crippen LogP) is 0.122. The number of hydrogen-bond acceptors (Lipinski definition) is 5. The molecule has 0 rings (SSSR count). The molecule has 18 heavy (non-hydrogen) atoms. The lowest BCUT2D eigenvalue weighted by molar-refractivity contribution is -0.144. The van der Waals surface area contributed by atoms with Crippen LogP contribution >= 0.6 is 12.2 Å². The van der Waals surface area contributed by atoms with Gasteiger partial charge in [0, 0.05) is 13.6 Å². The molecule has 2 unspecified atom stereocenters. The molecule has 6 nitrogen and oxygen atoms in total. The van der Waals surface area contributed by atoms with Crippen molar-refractivity contribution in [3.63, 3.8) is 0 Å². The molecule has 0 saturated carbocycles. The first kappa shape index (κ1) is 17.3. The van der Waals surface area contributed by atoms with E-state index in [1.54, 1.807) is 13.8 Å². The third kappa shape index (κ3) is 4.18. The minimum absolute atomic E-state index is 0.0358. The number of esters is 1. The van der Waals surface area contributed by atoms with Crippen molar-refractivity contribution in [3.05, 3.63) is 0 Å².